The number of carbonyl (C=O) groups is 1. The molecule has 0 spiro atoms. The Hall–Kier alpha value is -1.55. The predicted molar refractivity (Wildman–Crippen MR) is 69.4 cm³/mol. The van der Waals surface area contributed by atoms with Crippen LogP contribution in [0.3, 0.4) is 0 Å². The molecule has 0 aliphatic heterocycles. The number of anilines is 1. The summed E-state index contributed by atoms with van der Waals surface area (Å²) in [7, 11) is 3.43. The number of benzene rings is 1. The number of carbonyl (C=O) groups excluding carboxylic acids is 1. The molecule has 94 valence electrons. The predicted octanol–water partition coefficient (Wildman–Crippen LogP) is 2.02. The van der Waals surface area contributed by atoms with Crippen molar-refractivity contribution in [3.63, 3.8) is 0 Å². The molecule has 0 aliphatic rings. The molecule has 0 atom stereocenters. The topological polar surface area (TPSA) is 50.4 Å². The van der Waals surface area contributed by atoms with E-state index in [1.54, 1.807) is 7.11 Å². The molecule has 0 bridgehead atoms. The van der Waals surface area contributed by atoms with E-state index in [0.29, 0.717) is 17.9 Å². The molecule has 0 saturated carbocycles. The quantitative estimate of drug-likeness (QED) is 0.822. The average Bonchev–Trinajstić information content (AvgIpc) is 2.29. The lowest BCUT2D eigenvalue weighted by molar-refractivity contribution is -0.117. The summed E-state index contributed by atoms with van der Waals surface area (Å²) in [4.78, 5) is 11.8. The molecule has 1 aromatic carbocycles. The normalized spacial score (nSPS) is 11.1. The molecular weight excluding hydrogens is 216 g/mol. The van der Waals surface area contributed by atoms with E-state index < -0.39 is 0 Å². The molecule has 0 unspecified atom stereocenters. The second kappa shape index (κ2) is 5.68. The fraction of sp³-hybridized carbons (Fsp3) is 0.462. The highest BCUT2D eigenvalue weighted by molar-refractivity contribution is 5.92. The van der Waals surface area contributed by atoms with E-state index in [2.05, 4.69) is 10.6 Å². The van der Waals surface area contributed by atoms with Crippen LogP contribution in [0.2, 0.25) is 0 Å². The van der Waals surface area contributed by atoms with Gasteiger partial charge in [0.2, 0.25) is 5.91 Å². The number of amides is 1. The van der Waals surface area contributed by atoms with Gasteiger partial charge in [-0.1, -0.05) is 12.1 Å². The van der Waals surface area contributed by atoms with Crippen LogP contribution >= 0.6 is 0 Å². The van der Waals surface area contributed by atoms with Crippen LogP contribution in [-0.4, -0.2) is 25.6 Å². The first kappa shape index (κ1) is 13.5. The number of ether oxygens (including phenoxy) is 1. The second-order valence-electron chi connectivity index (χ2n) is 4.56. The zero-order chi connectivity index (χ0) is 12.9. The van der Waals surface area contributed by atoms with Gasteiger partial charge < -0.3 is 15.4 Å². The number of rotatable bonds is 5. The SMILES string of the molecule is CNC(C)(C)CC(=O)Nc1ccccc1OC. The van der Waals surface area contributed by atoms with Crippen LogP contribution in [0, 0.1) is 0 Å². The molecule has 17 heavy (non-hydrogen) atoms. The molecule has 2 N–H and O–H groups in total. The van der Waals surface area contributed by atoms with Gasteiger partial charge in [0.1, 0.15) is 5.75 Å². The summed E-state index contributed by atoms with van der Waals surface area (Å²) in [5, 5.41) is 5.94. The molecule has 0 aliphatic carbocycles. The van der Waals surface area contributed by atoms with Crippen molar-refractivity contribution < 1.29 is 9.53 Å². The maximum atomic E-state index is 11.8. The van der Waals surface area contributed by atoms with Crippen molar-refractivity contribution in [3.8, 4) is 5.75 Å². The van der Waals surface area contributed by atoms with Crippen molar-refractivity contribution in [1.82, 2.24) is 5.32 Å². The molecule has 1 aromatic rings. The molecule has 4 heteroatoms. The molecule has 0 aromatic heterocycles. The standard InChI is InChI=1S/C13H20N2O2/c1-13(2,14-3)9-12(16)15-10-7-5-6-8-11(10)17-4/h5-8,14H,9H2,1-4H3,(H,15,16). The highest BCUT2D eigenvalue weighted by atomic mass is 16.5. The lowest BCUT2D eigenvalue weighted by Gasteiger charge is -2.23. The smallest absolute Gasteiger partial charge is 0.226 e. The summed E-state index contributed by atoms with van der Waals surface area (Å²) in [6, 6.07) is 7.37. The van der Waals surface area contributed by atoms with E-state index in [4.69, 9.17) is 4.74 Å². The molecular formula is C13H20N2O2. The monoisotopic (exact) mass is 236 g/mol. The minimum atomic E-state index is -0.216. The van der Waals surface area contributed by atoms with Gasteiger partial charge in [0, 0.05) is 12.0 Å². The number of para-hydroxylation sites is 2. The van der Waals surface area contributed by atoms with Crippen LogP contribution in [-0.2, 0) is 4.79 Å². The highest BCUT2D eigenvalue weighted by Crippen LogP contribution is 2.23. The number of hydrogen-bond acceptors (Lipinski definition) is 3. The first-order valence-electron chi connectivity index (χ1n) is 5.60. The van der Waals surface area contributed by atoms with E-state index in [1.165, 1.54) is 0 Å². The van der Waals surface area contributed by atoms with Crippen LogP contribution in [0.4, 0.5) is 5.69 Å². The van der Waals surface area contributed by atoms with Crippen molar-refractivity contribution in [2.45, 2.75) is 25.8 Å². The molecule has 1 amide bonds. The first-order valence-corrected chi connectivity index (χ1v) is 5.60. The summed E-state index contributed by atoms with van der Waals surface area (Å²) in [5.74, 6) is 0.636. The minimum Gasteiger partial charge on any atom is -0.495 e. The minimum absolute atomic E-state index is 0.0335. The number of methoxy groups -OCH3 is 1. The molecule has 0 heterocycles. The number of hydrogen-bond donors (Lipinski definition) is 2. The molecule has 1 rings (SSSR count). The van der Waals surface area contributed by atoms with Gasteiger partial charge in [0.15, 0.2) is 0 Å². The lowest BCUT2D eigenvalue weighted by atomic mass is 10.0. The molecule has 0 radical (unpaired) electrons. The van der Waals surface area contributed by atoms with E-state index in [-0.39, 0.29) is 11.4 Å². The van der Waals surface area contributed by atoms with Gasteiger partial charge >= 0.3 is 0 Å². The van der Waals surface area contributed by atoms with Crippen molar-refractivity contribution >= 4 is 11.6 Å². The van der Waals surface area contributed by atoms with Crippen molar-refractivity contribution in [3.05, 3.63) is 24.3 Å². The van der Waals surface area contributed by atoms with Gasteiger partial charge in [0.05, 0.1) is 12.8 Å². The van der Waals surface area contributed by atoms with Gasteiger partial charge in [-0.25, -0.2) is 0 Å². The van der Waals surface area contributed by atoms with E-state index in [1.807, 2.05) is 45.2 Å². The van der Waals surface area contributed by atoms with Crippen molar-refractivity contribution in [1.29, 1.82) is 0 Å². The Morgan fingerprint density at radius 3 is 2.59 bits per heavy atom. The zero-order valence-corrected chi connectivity index (χ0v) is 10.8. The Bertz CT molecular complexity index is 389. The van der Waals surface area contributed by atoms with E-state index in [0.717, 1.165) is 0 Å². The van der Waals surface area contributed by atoms with Gasteiger partial charge in [-0.3, -0.25) is 4.79 Å². The average molecular weight is 236 g/mol. The third-order valence-corrected chi connectivity index (χ3v) is 2.66. The van der Waals surface area contributed by atoms with E-state index >= 15 is 0 Å². The van der Waals surface area contributed by atoms with Crippen molar-refractivity contribution in [2.24, 2.45) is 0 Å². The van der Waals surface area contributed by atoms with Crippen LogP contribution in [0.5, 0.6) is 5.75 Å². The summed E-state index contributed by atoms with van der Waals surface area (Å²) in [6.07, 6.45) is 0.404. The van der Waals surface area contributed by atoms with Crippen LogP contribution in [0.25, 0.3) is 0 Å². The van der Waals surface area contributed by atoms with Gasteiger partial charge in [-0.2, -0.15) is 0 Å². The van der Waals surface area contributed by atoms with Crippen molar-refractivity contribution in [2.75, 3.05) is 19.5 Å². The third-order valence-electron chi connectivity index (χ3n) is 2.66. The Labute approximate surface area is 102 Å². The Morgan fingerprint density at radius 2 is 2.00 bits per heavy atom. The van der Waals surface area contributed by atoms with Crippen LogP contribution in [0.15, 0.2) is 24.3 Å². The Balaban J connectivity index is 2.68. The fourth-order valence-electron chi connectivity index (χ4n) is 1.43. The molecule has 0 fully saturated rings. The summed E-state index contributed by atoms with van der Waals surface area (Å²) in [6.45, 7) is 3.96. The Kier molecular flexibility index (Phi) is 4.52. The maximum absolute atomic E-state index is 11.8. The fourth-order valence-corrected chi connectivity index (χ4v) is 1.43. The zero-order valence-electron chi connectivity index (χ0n) is 10.8. The summed E-state index contributed by atoms with van der Waals surface area (Å²) in [5.41, 5.74) is 0.485. The first-order chi connectivity index (χ1) is 7.98. The largest absolute Gasteiger partial charge is 0.495 e. The molecule has 4 nitrogen and oxygen atoms in total. The van der Waals surface area contributed by atoms with Gasteiger partial charge in [-0.05, 0) is 33.0 Å². The van der Waals surface area contributed by atoms with Gasteiger partial charge in [-0.15, -0.1) is 0 Å². The van der Waals surface area contributed by atoms with Crippen LogP contribution < -0.4 is 15.4 Å². The Morgan fingerprint density at radius 1 is 1.35 bits per heavy atom. The van der Waals surface area contributed by atoms with Crippen LogP contribution in [0.1, 0.15) is 20.3 Å². The van der Waals surface area contributed by atoms with E-state index in [9.17, 15) is 4.79 Å². The highest BCUT2D eigenvalue weighted by Gasteiger charge is 2.19. The maximum Gasteiger partial charge on any atom is 0.226 e. The summed E-state index contributed by atoms with van der Waals surface area (Å²) < 4.78 is 5.17. The molecule has 0 saturated heterocycles. The summed E-state index contributed by atoms with van der Waals surface area (Å²) >= 11 is 0. The van der Waals surface area contributed by atoms with Gasteiger partial charge in [0.25, 0.3) is 0 Å². The second-order valence-corrected chi connectivity index (χ2v) is 4.56. The number of nitrogens with one attached hydrogen (secondary N) is 2. The lowest BCUT2D eigenvalue weighted by Crippen LogP contribution is -2.39. The third kappa shape index (κ3) is 4.07.